The zero-order valence-electron chi connectivity index (χ0n) is 15.2. The number of rotatable bonds is 6. The molecule has 3 aromatic rings. The summed E-state index contributed by atoms with van der Waals surface area (Å²) in [7, 11) is 1.33. The van der Waals surface area contributed by atoms with E-state index in [1.807, 2.05) is 6.92 Å². The Kier molecular flexibility index (Phi) is 5.69. The first-order chi connectivity index (χ1) is 13.4. The van der Waals surface area contributed by atoms with E-state index >= 15 is 0 Å². The molecule has 0 radical (unpaired) electrons. The summed E-state index contributed by atoms with van der Waals surface area (Å²) in [4.78, 5) is 40.6. The number of hydrogen-bond acceptors (Lipinski definition) is 7. The van der Waals surface area contributed by atoms with Gasteiger partial charge in [0.15, 0.2) is 5.69 Å². The van der Waals surface area contributed by atoms with E-state index < -0.39 is 11.2 Å². The van der Waals surface area contributed by atoms with Crippen LogP contribution in [0.15, 0.2) is 38.4 Å². The Morgan fingerprint density at radius 2 is 1.96 bits per heavy atom. The molecule has 11 heteroatoms. The lowest BCUT2D eigenvalue weighted by Crippen LogP contribution is -2.40. The predicted molar refractivity (Wildman–Crippen MR) is 100 cm³/mol. The molecule has 1 aromatic carbocycles. The Morgan fingerprint density at radius 3 is 2.64 bits per heavy atom. The fourth-order valence-electron chi connectivity index (χ4n) is 2.42. The lowest BCUT2D eigenvalue weighted by atomic mass is 10.3. The number of carbonyl (C=O) groups is 1. The molecule has 10 nitrogen and oxygen atoms in total. The predicted octanol–water partition coefficient (Wildman–Crippen LogP) is 0.703. The molecule has 0 bridgehead atoms. The highest BCUT2D eigenvalue weighted by atomic mass is 35.5. The summed E-state index contributed by atoms with van der Waals surface area (Å²) in [6.45, 7) is 2.35. The first-order valence-corrected chi connectivity index (χ1v) is 8.84. The molecular formula is C17H17ClN6O4. The Balaban J connectivity index is 1.96. The molecule has 0 unspecified atom stereocenters. The molecule has 0 saturated carbocycles. The minimum Gasteiger partial charge on any atom is -0.356 e. The maximum atomic E-state index is 12.5. The number of aromatic nitrogens is 5. The van der Waals surface area contributed by atoms with Crippen LogP contribution in [0, 0.1) is 0 Å². The second kappa shape index (κ2) is 8.17. The number of nitrogens with zero attached hydrogens (tertiary/aromatic N) is 5. The van der Waals surface area contributed by atoms with Crippen LogP contribution in [-0.4, -0.2) is 36.9 Å². The van der Waals surface area contributed by atoms with Gasteiger partial charge >= 0.3 is 5.69 Å². The standard InChI is InChI=1S/C17H17ClN6O4/c1-3-19-12(25)8-9-13-20-15(22-28-13)14-16(26)23(2)17(27)24(21-14)11-6-4-10(18)5-7-11/h4-7H,3,8-9H2,1-2H3,(H,19,25). The van der Waals surface area contributed by atoms with Gasteiger partial charge in [-0.25, -0.2) is 4.79 Å². The van der Waals surface area contributed by atoms with Gasteiger partial charge < -0.3 is 9.84 Å². The Labute approximate surface area is 163 Å². The van der Waals surface area contributed by atoms with Crippen molar-refractivity contribution in [3.05, 3.63) is 56.0 Å². The van der Waals surface area contributed by atoms with Gasteiger partial charge in [0.1, 0.15) is 0 Å². The van der Waals surface area contributed by atoms with Crippen LogP contribution in [0.1, 0.15) is 19.2 Å². The largest absolute Gasteiger partial charge is 0.356 e. The van der Waals surface area contributed by atoms with Crippen LogP contribution in [0.5, 0.6) is 0 Å². The normalized spacial score (nSPS) is 10.8. The van der Waals surface area contributed by atoms with Crippen LogP contribution in [0.2, 0.25) is 5.02 Å². The van der Waals surface area contributed by atoms with E-state index in [2.05, 4.69) is 20.6 Å². The van der Waals surface area contributed by atoms with Gasteiger partial charge in [-0.15, -0.1) is 0 Å². The molecule has 0 spiro atoms. The number of halogens is 1. The van der Waals surface area contributed by atoms with E-state index in [1.165, 1.54) is 7.05 Å². The molecule has 3 rings (SSSR count). The minimum absolute atomic E-state index is 0.0609. The molecule has 0 atom stereocenters. The van der Waals surface area contributed by atoms with Gasteiger partial charge in [-0.2, -0.15) is 14.8 Å². The third-order valence-corrected chi connectivity index (χ3v) is 4.12. The van der Waals surface area contributed by atoms with Gasteiger partial charge in [-0.1, -0.05) is 16.8 Å². The highest BCUT2D eigenvalue weighted by Crippen LogP contribution is 2.13. The van der Waals surface area contributed by atoms with Crippen molar-refractivity contribution in [2.24, 2.45) is 7.05 Å². The summed E-state index contributed by atoms with van der Waals surface area (Å²) >= 11 is 5.87. The topological polar surface area (TPSA) is 125 Å². The number of benzene rings is 1. The Hall–Kier alpha value is -3.27. The second-order valence-electron chi connectivity index (χ2n) is 5.85. The summed E-state index contributed by atoms with van der Waals surface area (Å²) in [5.41, 5.74) is -1.02. The van der Waals surface area contributed by atoms with Crippen LogP contribution < -0.4 is 16.6 Å². The highest BCUT2D eigenvalue weighted by Gasteiger charge is 2.19. The summed E-state index contributed by atoms with van der Waals surface area (Å²) in [5, 5.41) is 11.0. The van der Waals surface area contributed by atoms with E-state index in [4.69, 9.17) is 16.1 Å². The zero-order chi connectivity index (χ0) is 20.3. The molecule has 2 aromatic heterocycles. The molecule has 0 aliphatic carbocycles. The first-order valence-electron chi connectivity index (χ1n) is 8.46. The van der Waals surface area contributed by atoms with Gasteiger partial charge in [-0.3, -0.25) is 14.2 Å². The van der Waals surface area contributed by atoms with Gasteiger partial charge in [0.2, 0.25) is 17.6 Å². The van der Waals surface area contributed by atoms with Crippen molar-refractivity contribution in [1.29, 1.82) is 0 Å². The van der Waals surface area contributed by atoms with Crippen LogP contribution in [0.3, 0.4) is 0 Å². The number of aryl methyl sites for hydroxylation is 1. The number of carbonyl (C=O) groups excluding carboxylic acids is 1. The molecule has 0 aliphatic heterocycles. The lowest BCUT2D eigenvalue weighted by Gasteiger charge is -2.07. The molecule has 28 heavy (non-hydrogen) atoms. The van der Waals surface area contributed by atoms with Crippen molar-refractivity contribution in [3.63, 3.8) is 0 Å². The maximum absolute atomic E-state index is 12.5. The molecule has 2 heterocycles. The highest BCUT2D eigenvalue weighted by molar-refractivity contribution is 6.30. The SMILES string of the molecule is CCNC(=O)CCc1nc(-c2nn(-c3ccc(Cl)cc3)c(=O)n(C)c2=O)no1. The molecular weight excluding hydrogens is 388 g/mol. The molecule has 1 amide bonds. The summed E-state index contributed by atoms with van der Waals surface area (Å²) in [5.74, 6) is -0.0175. The van der Waals surface area contributed by atoms with E-state index in [-0.39, 0.29) is 36.2 Å². The third kappa shape index (κ3) is 4.01. The number of hydrogen-bond donors (Lipinski definition) is 1. The summed E-state index contributed by atoms with van der Waals surface area (Å²) < 4.78 is 7.06. The number of amides is 1. The van der Waals surface area contributed by atoms with Crippen molar-refractivity contribution in [1.82, 2.24) is 29.8 Å². The average Bonchev–Trinajstić information content (AvgIpc) is 3.15. The van der Waals surface area contributed by atoms with Crippen molar-refractivity contribution >= 4 is 17.5 Å². The van der Waals surface area contributed by atoms with Gasteiger partial charge in [-0.05, 0) is 31.2 Å². The Bertz CT molecular complexity index is 1120. The van der Waals surface area contributed by atoms with E-state index in [9.17, 15) is 14.4 Å². The maximum Gasteiger partial charge on any atom is 0.351 e. The second-order valence-corrected chi connectivity index (χ2v) is 6.29. The third-order valence-electron chi connectivity index (χ3n) is 3.87. The van der Waals surface area contributed by atoms with Crippen molar-refractivity contribution in [2.45, 2.75) is 19.8 Å². The van der Waals surface area contributed by atoms with Gasteiger partial charge in [0, 0.05) is 31.5 Å². The molecule has 0 saturated heterocycles. The lowest BCUT2D eigenvalue weighted by molar-refractivity contribution is -0.121. The molecule has 1 N–H and O–H groups in total. The minimum atomic E-state index is -0.661. The van der Waals surface area contributed by atoms with Crippen LogP contribution in [0.4, 0.5) is 0 Å². The summed E-state index contributed by atoms with van der Waals surface area (Å²) in [6.07, 6.45) is 0.390. The Morgan fingerprint density at radius 1 is 1.25 bits per heavy atom. The van der Waals surface area contributed by atoms with Crippen LogP contribution in [0.25, 0.3) is 17.2 Å². The van der Waals surface area contributed by atoms with E-state index in [0.717, 1.165) is 9.25 Å². The zero-order valence-corrected chi connectivity index (χ0v) is 15.9. The average molecular weight is 405 g/mol. The van der Waals surface area contributed by atoms with Crippen molar-refractivity contribution in [3.8, 4) is 17.2 Å². The molecule has 0 fully saturated rings. The first kappa shape index (κ1) is 19.5. The van der Waals surface area contributed by atoms with Crippen molar-refractivity contribution in [2.75, 3.05) is 6.54 Å². The quantitative estimate of drug-likeness (QED) is 0.641. The van der Waals surface area contributed by atoms with E-state index in [1.54, 1.807) is 24.3 Å². The van der Waals surface area contributed by atoms with Gasteiger partial charge in [0.05, 0.1) is 5.69 Å². The molecule has 0 aliphatic rings. The van der Waals surface area contributed by atoms with Crippen LogP contribution in [-0.2, 0) is 18.3 Å². The summed E-state index contributed by atoms with van der Waals surface area (Å²) in [6, 6.07) is 6.39. The fourth-order valence-corrected chi connectivity index (χ4v) is 2.55. The smallest absolute Gasteiger partial charge is 0.351 e. The molecule has 146 valence electrons. The van der Waals surface area contributed by atoms with E-state index in [0.29, 0.717) is 17.3 Å². The van der Waals surface area contributed by atoms with Crippen LogP contribution >= 0.6 is 11.6 Å². The van der Waals surface area contributed by atoms with Crippen molar-refractivity contribution < 1.29 is 9.32 Å². The fraction of sp³-hybridized carbons (Fsp3) is 0.294. The monoisotopic (exact) mass is 404 g/mol. The number of nitrogens with one attached hydrogen (secondary N) is 1. The van der Waals surface area contributed by atoms with Gasteiger partial charge in [0.25, 0.3) is 5.56 Å².